The molecule has 0 amide bonds. The molecule has 2 nitrogen and oxygen atoms in total. The molecule has 0 saturated heterocycles. The van der Waals surface area contributed by atoms with Crippen LogP contribution in [0.2, 0.25) is 0 Å². The molecule has 0 bridgehead atoms. The van der Waals surface area contributed by atoms with Crippen molar-refractivity contribution in [1.29, 1.82) is 0 Å². The van der Waals surface area contributed by atoms with Crippen LogP contribution < -0.4 is 0 Å². The number of fused-ring (bicyclic) bond motifs is 3. The summed E-state index contributed by atoms with van der Waals surface area (Å²) in [5.74, 6) is 0. The van der Waals surface area contributed by atoms with Crippen molar-refractivity contribution in [2.24, 2.45) is 0 Å². The highest BCUT2D eigenvalue weighted by Crippen LogP contribution is 2.39. The van der Waals surface area contributed by atoms with E-state index in [0.29, 0.717) is 5.56 Å². The van der Waals surface area contributed by atoms with Crippen molar-refractivity contribution in [3.8, 4) is 22.3 Å². The molecule has 27 heavy (non-hydrogen) atoms. The van der Waals surface area contributed by atoms with Gasteiger partial charge in [0, 0.05) is 21.9 Å². The zero-order valence-corrected chi connectivity index (χ0v) is 14.6. The summed E-state index contributed by atoms with van der Waals surface area (Å²) >= 11 is 0. The number of aldehydes is 1. The summed E-state index contributed by atoms with van der Waals surface area (Å²) < 4.78 is 6.21. The monoisotopic (exact) mass is 348 g/mol. The Morgan fingerprint density at radius 1 is 0.630 bits per heavy atom. The van der Waals surface area contributed by atoms with Crippen LogP contribution in [0.15, 0.2) is 95.4 Å². The fourth-order valence-electron chi connectivity index (χ4n) is 3.69. The minimum absolute atomic E-state index is 0.651. The highest BCUT2D eigenvalue weighted by atomic mass is 16.3. The number of hydrogen-bond donors (Lipinski definition) is 0. The van der Waals surface area contributed by atoms with E-state index in [0.717, 1.165) is 50.5 Å². The van der Waals surface area contributed by atoms with Crippen LogP contribution in [0.3, 0.4) is 0 Å². The van der Waals surface area contributed by atoms with E-state index in [1.165, 1.54) is 0 Å². The lowest BCUT2D eigenvalue weighted by atomic mass is 9.92. The predicted molar refractivity (Wildman–Crippen MR) is 110 cm³/mol. The Balaban J connectivity index is 1.86. The van der Waals surface area contributed by atoms with Crippen molar-refractivity contribution in [1.82, 2.24) is 0 Å². The van der Waals surface area contributed by atoms with Crippen molar-refractivity contribution in [2.75, 3.05) is 0 Å². The standard InChI is InChI=1S/C25H16O2/c26-16-17-13-14-19(18-7-2-1-3-8-18)23(15-17)22-11-6-10-21-20-9-4-5-12-24(20)27-25(21)22/h1-16H. The van der Waals surface area contributed by atoms with E-state index < -0.39 is 0 Å². The Kier molecular flexibility index (Phi) is 3.61. The quantitative estimate of drug-likeness (QED) is 0.338. The first kappa shape index (κ1) is 15.6. The molecular formula is C25H16O2. The van der Waals surface area contributed by atoms with Gasteiger partial charge < -0.3 is 4.42 Å². The van der Waals surface area contributed by atoms with Gasteiger partial charge in [0.1, 0.15) is 17.5 Å². The highest BCUT2D eigenvalue weighted by molar-refractivity contribution is 6.10. The molecule has 128 valence electrons. The van der Waals surface area contributed by atoms with Crippen molar-refractivity contribution in [3.63, 3.8) is 0 Å². The van der Waals surface area contributed by atoms with Crippen LogP contribution in [-0.4, -0.2) is 6.29 Å². The van der Waals surface area contributed by atoms with Gasteiger partial charge in [-0.25, -0.2) is 0 Å². The molecule has 0 unspecified atom stereocenters. The number of furan rings is 1. The molecule has 1 aromatic heterocycles. The summed E-state index contributed by atoms with van der Waals surface area (Å²) in [4.78, 5) is 11.4. The first-order valence-electron chi connectivity index (χ1n) is 8.90. The highest BCUT2D eigenvalue weighted by Gasteiger charge is 2.15. The molecule has 0 fully saturated rings. The molecule has 0 N–H and O–H groups in total. The molecule has 0 atom stereocenters. The van der Waals surface area contributed by atoms with Crippen molar-refractivity contribution in [3.05, 3.63) is 96.6 Å². The summed E-state index contributed by atoms with van der Waals surface area (Å²) in [6, 6.07) is 30.3. The smallest absolute Gasteiger partial charge is 0.150 e. The molecule has 1 heterocycles. The zero-order chi connectivity index (χ0) is 18.2. The summed E-state index contributed by atoms with van der Waals surface area (Å²) in [5.41, 5.74) is 6.54. The average molecular weight is 348 g/mol. The van der Waals surface area contributed by atoms with Gasteiger partial charge in [-0.15, -0.1) is 0 Å². The third-order valence-electron chi connectivity index (χ3n) is 4.96. The van der Waals surface area contributed by atoms with Gasteiger partial charge >= 0.3 is 0 Å². The van der Waals surface area contributed by atoms with Crippen molar-refractivity contribution in [2.45, 2.75) is 0 Å². The molecule has 0 aliphatic heterocycles. The second-order valence-corrected chi connectivity index (χ2v) is 6.57. The fraction of sp³-hybridized carbons (Fsp3) is 0. The molecule has 0 aliphatic carbocycles. The molecular weight excluding hydrogens is 332 g/mol. The van der Waals surface area contributed by atoms with Gasteiger partial charge in [0.15, 0.2) is 0 Å². The molecule has 5 rings (SSSR count). The number of para-hydroxylation sites is 2. The summed E-state index contributed by atoms with van der Waals surface area (Å²) in [6.07, 6.45) is 0.886. The topological polar surface area (TPSA) is 30.2 Å². The largest absolute Gasteiger partial charge is 0.455 e. The average Bonchev–Trinajstić information content (AvgIpc) is 3.13. The van der Waals surface area contributed by atoms with E-state index in [-0.39, 0.29) is 0 Å². The lowest BCUT2D eigenvalue weighted by molar-refractivity contribution is 0.112. The van der Waals surface area contributed by atoms with Crippen molar-refractivity contribution < 1.29 is 9.21 Å². The molecule has 0 spiro atoms. The second-order valence-electron chi connectivity index (χ2n) is 6.57. The van der Waals surface area contributed by atoms with Gasteiger partial charge in [-0.3, -0.25) is 4.79 Å². The van der Waals surface area contributed by atoms with Gasteiger partial charge in [-0.1, -0.05) is 78.9 Å². The Morgan fingerprint density at radius 2 is 1.41 bits per heavy atom. The van der Waals surface area contributed by atoms with Gasteiger partial charge in [0.25, 0.3) is 0 Å². The third kappa shape index (κ3) is 2.54. The summed E-state index contributed by atoms with van der Waals surface area (Å²) in [6.45, 7) is 0. The van der Waals surface area contributed by atoms with Gasteiger partial charge in [0.2, 0.25) is 0 Å². The van der Waals surface area contributed by atoms with E-state index in [9.17, 15) is 4.79 Å². The fourth-order valence-corrected chi connectivity index (χ4v) is 3.69. The van der Waals surface area contributed by atoms with Crippen LogP contribution in [0, 0.1) is 0 Å². The van der Waals surface area contributed by atoms with E-state index in [1.54, 1.807) is 0 Å². The van der Waals surface area contributed by atoms with E-state index in [1.807, 2.05) is 60.7 Å². The zero-order valence-electron chi connectivity index (χ0n) is 14.6. The van der Waals surface area contributed by atoms with Crippen LogP contribution in [0.5, 0.6) is 0 Å². The first-order chi connectivity index (χ1) is 13.3. The van der Waals surface area contributed by atoms with Crippen LogP contribution in [0.1, 0.15) is 10.4 Å². The second kappa shape index (κ2) is 6.26. The van der Waals surface area contributed by atoms with Gasteiger partial charge in [0.05, 0.1) is 0 Å². The van der Waals surface area contributed by atoms with Gasteiger partial charge in [-0.2, -0.15) is 0 Å². The van der Waals surface area contributed by atoms with Gasteiger partial charge in [-0.05, 0) is 28.8 Å². The number of rotatable bonds is 3. The molecule has 0 radical (unpaired) electrons. The molecule has 0 saturated carbocycles. The van der Waals surface area contributed by atoms with Crippen LogP contribution in [0.25, 0.3) is 44.2 Å². The molecule has 4 aromatic carbocycles. The minimum atomic E-state index is 0.651. The Morgan fingerprint density at radius 3 is 2.26 bits per heavy atom. The number of carbonyl (C=O) groups is 1. The number of benzene rings is 4. The van der Waals surface area contributed by atoms with Crippen molar-refractivity contribution >= 4 is 28.2 Å². The predicted octanol–water partition coefficient (Wildman–Crippen LogP) is 6.73. The maximum Gasteiger partial charge on any atom is 0.150 e. The maximum absolute atomic E-state index is 11.4. The van der Waals surface area contributed by atoms with Crippen LogP contribution in [0.4, 0.5) is 0 Å². The lowest BCUT2D eigenvalue weighted by Crippen LogP contribution is -1.89. The SMILES string of the molecule is O=Cc1ccc(-c2ccccc2)c(-c2cccc3c2oc2ccccc23)c1. The Bertz CT molecular complexity index is 1280. The Labute approximate surface area is 156 Å². The summed E-state index contributed by atoms with van der Waals surface area (Å²) in [7, 11) is 0. The van der Waals surface area contributed by atoms with E-state index in [4.69, 9.17) is 4.42 Å². The van der Waals surface area contributed by atoms with E-state index in [2.05, 4.69) is 30.3 Å². The molecule has 2 heteroatoms. The lowest BCUT2D eigenvalue weighted by Gasteiger charge is -2.11. The maximum atomic E-state index is 11.4. The number of hydrogen-bond acceptors (Lipinski definition) is 2. The number of carbonyl (C=O) groups excluding carboxylic acids is 1. The molecule has 0 aliphatic rings. The first-order valence-corrected chi connectivity index (χ1v) is 8.90. The Hall–Kier alpha value is -3.65. The van der Waals surface area contributed by atoms with Crippen LogP contribution in [-0.2, 0) is 0 Å². The normalized spacial score (nSPS) is 11.1. The minimum Gasteiger partial charge on any atom is -0.455 e. The third-order valence-corrected chi connectivity index (χ3v) is 4.96. The van der Waals surface area contributed by atoms with E-state index >= 15 is 0 Å². The summed E-state index contributed by atoms with van der Waals surface area (Å²) in [5, 5.41) is 2.18. The van der Waals surface area contributed by atoms with Crippen LogP contribution >= 0.6 is 0 Å². The molecule has 5 aromatic rings.